The van der Waals surface area contributed by atoms with Crippen LogP contribution >= 0.6 is 11.3 Å². The lowest BCUT2D eigenvalue weighted by Crippen LogP contribution is -2.28. The summed E-state index contributed by atoms with van der Waals surface area (Å²) < 4.78 is 43.6. The Morgan fingerprint density at radius 1 is 1.25 bits per heavy atom. The molecule has 1 aromatic carbocycles. The van der Waals surface area contributed by atoms with Crippen LogP contribution in [0.5, 0.6) is 0 Å². The van der Waals surface area contributed by atoms with Gasteiger partial charge in [0.1, 0.15) is 15.9 Å². The van der Waals surface area contributed by atoms with Crippen LogP contribution in [0, 0.1) is 11.7 Å². The molecule has 0 spiro atoms. The van der Waals surface area contributed by atoms with Gasteiger partial charge in [-0.3, -0.25) is 0 Å². The number of benzene rings is 1. The molecule has 0 saturated carbocycles. The van der Waals surface area contributed by atoms with Crippen molar-refractivity contribution >= 4 is 27.5 Å². The van der Waals surface area contributed by atoms with Gasteiger partial charge in [-0.05, 0) is 30.0 Å². The molecule has 0 saturated heterocycles. The summed E-state index contributed by atoms with van der Waals surface area (Å²) in [7, 11) is -4.30. The minimum absolute atomic E-state index is 0.139. The summed E-state index contributed by atoms with van der Waals surface area (Å²) in [4.78, 5) is 16.1. The molecule has 7 nitrogen and oxygen atoms in total. The van der Waals surface area contributed by atoms with E-state index in [9.17, 15) is 13.2 Å². The first-order valence-electron chi connectivity index (χ1n) is 10.2. The molecule has 2 N–H and O–H groups in total. The normalized spacial score (nSPS) is 12.0. The quantitative estimate of drug-likeness (QED) is 0.469. The van der Waals surface area contributed by atoms with Crippen LogP contribution in [0.15, 0.2) is 40.9 Å². The van der Waals surface area contributed by atoms with E-state index >= 15 is 4.39 Å². The minimum atomic E-state index is -4.30. The molecule has 0 aliphatic rings. The number of rotatable bonds is 8. The second-order valence-corrected chi connectivity index (χ2v) is 11.3. The van der Waals surface area contributed by atoms with Gasteiger partial charge in [0.15, 0.2) is 0 Å². The predicted octanol–water partition coefficient (Wildman–Crippen LogP) is 5.08. The Hall–Kier alpha value is -2.72. The van der Waals surface area contributed by atoms with Crippen molar-refractivity contribution in [3.63, 3.8) is 0 Å². The molecule has 172 valence electrons. The lowest BCUT2D eigenvalue weighted by molar-refractivity contribution is 0.201. The molecule has 0 atom stereocenters. The van der Waals surface area contributed by atoms with Crippen molar-refractivity contribution in [2.24, 2.45) is 5.92 Å². The van der Waals surface area contributed by atoms with Gasteiger partial charge in [0, 0.05) is 34.3 Å². The van der Waals surface area contributed by atoms with E-state index in [0.29, 0.717) is 24.1 Å². The Kier molecular flexibility index (Phi) is 7.04. The van der Waals surface area contributed by atoms with E-state index in [1.165, 1.54) is 6.07 Å². The van der Waals surface area contributed by atoms with E-state index in [0.717, 1.165) is 22.0 Å². The summed E-state index contributed by atoms with van der Waals surface area (Å²) in [5, 5.41) is 8.94. The van der Waals surface area contributed by atoms with Crippen molar-refractivity contribution in [3.8, 4) is 11.1 Å². The monoisotopic (exact) mass is 479 g/mol. The first-order chi connectivity index (χ1) is 15.0. The van der Waals surface area contributed by atoms with Gasteiger partial charge in [-0.1, -0.05) is 39.8 Å². The number of nitrogens with zero attached hydrogens (tertiary/aromatic N) is 2. The Balaban J connectivity index is 2.01. The minimum Gasteiger partial charge on any atom is -0.464 e. The number of aromatic nitrogens is 2. The number of nitrogens with one attached hydrogen (secondary N) is 1. The fraction of sp³-hybridized carbons (Fsp3) is 0.364. The molecule has 10 heteroatoms. The van der Waals surface area contributed by atoms with E-state index < -0.39 is 21.9 Å². The van der Waals surface area contributed by atoms with Gasteiger partial charge in [-0.15, -0.1) is 11.3 Å². The Morgan fingerprint density at radius 3 is 2.56 bits per heavy atom. The van der Waals surface area contributed by atoms with Gasteiger partial charge in [0.05, 0.1) is 6.54 Å². The molecule has 32 heavy (non-hydrogen) atoms. The average Bonchev–Trinajstić information content (AvgIpc) is 3.29. The summed E-state index contributed by atoms with van der Waals surface area (Å²) >= 11 is 1.00. The van der Waals surface area contributed by atoms with E-state index in [1.54, 1.807) is 35.3 Å². The van der Waals surface area contributed by atoms with Gasteiger partial charge in [0.2, 0.25) is 0 Å². The molecular formula is C22H26FN3O4S2. The number of carbonyl (C=O) groups is 1. The van der Waals surface area contributed by atoms with E-state index in [1.807, 2.05) is 32.3 Å². The molecule has 3 rings (SSSR count). The fourth-order valence-corrected chi connectivity index (χ4v) is 6.26. The highest BCUT2D eigenvalue weighted by molar-refractivity contribution is 7.92. The lowest BCUT2D eigenvalue weighted by atomic mass is 10.0. The Labute approximate surface area is 191 Å². The second kappa shape index (κ2) is 9.41. The summed E-state index contributed by atoms with van der Waals surface area (Å²) in [6.07, 6.45) is 2.43. The number of carboxylic acid groups (broad SMARTS) is 1. The van der Waals surface area contributed by atoms with Crippen LogP contribution in [-0.4, -0.2) is 29.2 Å². The molecule has 2 aromatic heterocycles. The number of hydrogen-bond donors (Lipinski definition) is 2. The van der Waals surface area contributed by atoms with Gasteiger partial charge < -0.3 is 9.67 Å². The zero-order chi connectivity index (χ0) is 23.6. The first-order valence-corrected chi connectivity index (χ1v) is 12.5. The van der Waals surface area contributed by atoms with Crippen LogP contribution in [0.1, 0.15) is 49.9 Å². The third-order valence-corrected chi connectivity index (χ3v) is 7.80. The Morgan fingerprint density at radius 2 is 1.97 bits per heavy atom. The SMILES string of the molecule is CC(C)Cc1cc(-c2ccc(Cn3ccnc3C(C)C)c(F)c2)c(S(=O)(=O)NC(=O)O)s1. The van der Waals surface area contributed by atoms with Crippen LogP contribution in [0.4, 0.5) is 9.18 Å². The molecular weight excluding hydrogens is 453 g/mol. The van der Waals surface area contributed by atoms with E-state index in [4.69, 9.17) is 5.11 Å². The molecule has 0 bridgehead atoms. The molecule has 1 amide bonds. The van der Waals surface area contributed by atoms with Crippen LogP contribution in [0.2, 0.25) is 0 Å². The smallest absolute Gasteiger partial charge is 0.418 e. The summed E-state index contributed by atoms with van der Waals surface area (Å²) in [5.74, 6) is 0.829. The molecule has 2 heterocycles. The second-order valence-electron chi connectivity index (χ2n) is 8.30. The number of halogens is 1. The van der Waals surface area contributed by atoms with Crippen molar-refractivity contribution in [1.82, 2.24) is 14.3 Å². The van der Waals surface area contributed by atoms with Crippen molar-refractivity contribution in [1.29, 1.82) is 0 Å². The standard InChI is InChI=1S/C22H26FN3O4S2/c1-13(2)9-17-11-18(21(31-17)32(29,30)25-22(27)28)15-5-6-16(19(23)10-15)12-26-8-7-24-20(26)14(3)4/h5-8,10-11,13-14,25H,9,12H2,1-4H3,(H,27,28). The van der Waals surface area contributed by atoms with Crippen LogP contribution in [-0.2, 0) is 23.0 Å². The number of thiophene rings is 1. The average molecular weight is 480 g/mol. The van der Waals surface area contributed by atoms with Crippen LogP contribution in [0.25, 0.3) is 11.1 Å². The number of hydrogen-bond acceptors (Lipinski definition) is 5. The van der Waals surface area contributed by atoms with Crippen molar-refractivity contribution in [2.75, 3.05) is 0 Å². The molecule has 3 aromatic rings. The first kappa shape index (κ1) is 23.9. The number of imidazole rings is 1. The highest BCUT2D eigenvalue weighted by Gasteiger charge is 2.26. The third-order valence-electron chi connectivity index (χ3n) is 4.79. The van der Waals surface area contributed by atoms with Crippen molar-refractivity contribution in [2.45, 2.75) is 50.8 Å². The van der Waals surface area contributed by atoms with Crippen LogP contribution < -0.4 is 4.72 Å². The molecule has 0 fully saturated rings. The molecule has 0 unspecified atom stereocenters. The maximum atomic E-state index is 15.0. The zero-order valence-electron chi connectivity index (χ0n) is 18.3. The van der Waals surface area contributed by atoms with Gasteiger partial charge in [-0.25, -0.2) is 27.3 Å². The molecule has 0 radical (unpaired) electrons. The zero-order valence-corrected chi connectivity index (χ0v) is 19.9. The molecule has 0 aliphatic heterocycles. The Bertz CT molecular complexity index is 1230. The van der Waals surface area contributed by atoms with Gasteiger partial charge in [-0.2, -0.15) is 0 Å². The van der Waals surface area contributed by atoms with Crippen LogP contribution in [0.3, 0.4) is 0 Å². The predicted molar refractivity (Wildman–Crippen MR) is 122 cm³/mol. The van der Waals surface area contributed by atoms with Crippen molar-refractivity contribution < 1.29 is 22.7 Å². The van der Waals surface area contributed by atoms with Gasteiger partial charge >= 0.3 is 6.09 Å². The summed E-state index contributed by atoms with van der Waals surface area (Å²) in [5.41, 5.74) is 1.10. The number of amides is 1. The fourth-order valence-electron chi connectivity index (χ4n) is 3.47. The van der Waals surface area contributed by atoms with Gasteiger partial charge in [0.25, 0.3) is 10.0 Å². The third kappa shape index (κ3) is 5.36. The summed E-state index contributed by atoms with van der Waals surface area (Å²) in [6.45, 7) is 8.32. The van der Waals surface area contributed by atoms with E-state index in [2.05, 4.69) is 4.98 Å². The topological polar surface area (TPSA) is 101 Å². The lowest BCUT2D eigenvalue weighted by Gasteiger charge is -2.12. The summed E-state index contributed by atoms with van der Waals surface area (Å²) in [6, 6.07) is 6.27. The maximum absolute atomic E-state index is 15.0. The molecule has 0 aliphatic carbocycles. The largest absolute Gasteiger partial charge is 0.464 e. The van der Waals surface area contributed by atoms with Crippen molar-refractivity contribution in [3.05, 3.63) is 58.7 Å². The highest BCUT2D eigenvalue weighted by atomic mass is 32.2. The maximum Gasteiger partial charge on any atom is 0.418 e. The van der Waals surface area contributed by atoms with E-state index in [-0.39, 0.29) is 21.6 Å². The number of sulfonamides is 1. The highest BCUT2D eigenvalue weighted by Crippen LogP contribution is 2.37.